The van der Waals surface area contributed by atoms with E-state index in [-0.39, 0.29) is 18.2 Å². The summed E-state index contributed by atoms with van der Waals surface area (Å²) in [6.45, 7) is 2.43. The molecule has 0 amide bonds. The number of alkyl halides is 3. The Balaban J connectivity index is 0.00000225. The van der Waals surface area contributed by atoms with Gasteiger partial charge in [0.2, 0.25) is 3.79 Å². The number of aryl methyl sites for hydroxylation is 1. The Morgan fingerprint density at radius 3 is 2.19 bits per heavy atom. The molecule has 0 fully saturated rings. The van der Waals surface area contributed by atoms with E-state index in [0.717, 1.165) is 5.56 Å². The normalized spacial score (nSPS) is 12.1. The molecule has 0 unspecified atom stereocenters. The number of benzene rings is 1. The Hall–Kier alpha value is -0.150. The predicted molar refractivity (Wildman–Crippen MR) is 74.0 cm³/mol. The lowest BCUT2D eigenvalue weighted by molar-refractivity contribution is 1.05. The fourth-order valence-corrected chi connectivity index (χ4v) is 1.14. The Morgan fingerprint density at radius 2 is 1.75 bits per heavy atom. The Bertz CT molecular complexity index is 354. The summed E-state index contributed by atoms with van der Waals surface area (Å²) < 4.78 is -1.62. The lowest BCUT2D eigenvalue weighted by Gasteiger charge is -2.09. The molecule has 1 rings (SSSR count). The van der Waals surface area contributed by atoms with Crippen LogP contribution in [0, 0.1) is 6.92 Å². The largest absolute Gasteiger partial charge is 0.384 e. The molecule has 16 heavy (non-hydrogen) atoms. The zero-order valence-electron chi connectivity index (χ0n) is 8.58. The first-order chi connectivity index (χ1) is 6.89. The molecule has 0 saturated carbocycles. The van der Waals surface area contributed by atoms with Crippen molar-refractivity contribution in [1.29, 1.82) is 0 Å². The molecule has 6 heteroatoms. The smallest absolute Gasteiger partial charge is 0.247 e. The fraction of sp³-hybridized carbons (Fsp3) is 0.300. The van der Waals surface area contributed by atoms with Crippen LogP contribution >= 0.6 is 47.2 Å². The number of hydrogen-bond acceptors (Lipinski definition) is 1. The van der Waals surface area contributed by atoms with Gasteiger partial charge < -0.3 is 5.73 Å². The van der Waals surface area contributed by atoms with Gasteiger partial charge in [-0.3, -0.25) is 4.99 Å². The highest BCUT2D eigenvalue weighted by molar-refractivity contribution is 6.76. The minimum absolute atomic E-state index is 0. The molecule has 2 nitrogen and oxygen atoms in total. The van der Waals surface area contributed by atoms with E-state index in [4.69, 9.17) is 40.5 Å². The zero-order chi connectivity index (χ0) is 11.5. The van der Waals surface area contributed by atoms with Crippen molar-refractivity contribution in [3.05, 3.63) is 35.4 Å². The van der Waals surface area contributed by atoms with Gasteiger partial charge in [-0.2, -0.15) is 0 Å². The maximum atomic E-state index is 5.55. The van der Waals surface area contributed by atoms with Crippen LogP contribution in [0.15, 0.2) is 29.3 Å². The number of nitrogens with two attached hydrogens (primary N) is 1. The van der Waals surface area contributed by atoms with Crippen LogP contribution < -0.4 is 5.73 Å². The van der Waals surface area contributed by atoms with E-state index in [1.807, 2.05) is 31.2 Å². The number of halogens is 4. The van der Waals surface area contributed by atoms with Crippen LogP contribution in [0.25, 0.3) is 0 Å². The van der Waals surface area contributed by atoms with E-state index in [9.17, 15) is 0 Å². The standard InChI is InChI=1S/C10H11Cl3N2.ClH/c1-7-2-4-8(5-3-7)6-15-9(14)10(11,12)13;/h2-5H,6H2,1H3,(H2,14,15);1H. The number of aliphatic imine (C=N–C) groups is 1. The third-order valence-electron chi connectivity index (χ3n) is 1.84. The van der Waals surface area contributed by atoms with Gasteiger partial charge in [0.05, 0.1) is 6.54 Å². The SMILES string of the molecule is Cc1ccc(CN=C(N)C(Cl)(Cl)Cl)cc1.Cl. The van der Waals surface area contributed by atoms with Gasteiger partial charge in [-0.25, -0.2) is 0 Å². The maximum Gasteiger partial charge on any atom is 0.247 e. The first kappa shape index (κ1) is 15.9. The van der Waals surface area contributed by atoms with E-state index >= 15 is 0 Å². The molecule has 0 saturated heterocycles. The molecule has 0 radical (unpaired) electrons. The monoisotopic (exact) mass is 300 g/mol. The summed E-state index contributed by atoms with van der Waals surface area (Å²) >= 11 is 16.7. The van der Waals surface area contributed by atoms with Gasteiger partial charge in [0.15, 0.2) is 0 Å². The molecule has 0 aromatic heterocycles. The van der Waals surface area contributed by atoms with Crippen molar-refractivity contribution in [3.8, 4) is 0 Å². The molecule has 1 aromatic carbocycles. The molecular formula is C10H12Cl4N2. The first-order valence-electron chi connectivity index (χ1n) is 4.32. The molecule has 0 aliphatic rings. The highest BCUT2D eigenvalue weighted by atomic mass is 35.6. The second kappa shape index (κ2) is 6.55. The highest BCUT2D eigenvalue weighted by Gasteiger charge is 2.24. The summed E-state index contributed by atoms with van der Waals surface area (Å²) in [7, 11) is 0. The van der Waals surface area contributed by atoms with E-state index in [2.05, 4.69) is 4.99 Å². The van der Waals surface area contributed by atoms with Crippen LogP contribution in [-0.4, -0.2) is 9.63 Å². The minimum atomic E-state index is -1.62. The summed E-state index contributed by atoms with van der Waals surface area (Å²) in [5.74, 6) is 0.00748. The van der Waals surface area contributed by atoms with Crippen molar-refractivity contribution in [2.75, 3.05) is 0 Å². The van der Waals surface area contributed by atoms with E-state index < -0.39 is 3.79 Å². The Morgan fingerprint density at radius 1 is 1.25 bits per heavy atom. The molecular weight excluding hydrogens is 290 g/mol. The van der Waals surface area contributed by atoms with Gasteiger partial charge in [-0.15, -0.1) is 12.4 Å². The quantitative estimate of drug-likeness (QED) is 0.505. The molecule has 90 valence electrons. The molecule has 0 spiro atoms. The molecule has 0 bridgehead atoms. The number of amidine groups is 1. The van der Waals surface area contributed by atoms with Crippen LogP contribution in [0.1, 0.15) is 11.1 Å². The van der Waals surface area contributed by atoms with E-state index in [0.29, 0.717) is 6.54 Å². The van der Waals surface area contributed by atoms with Crippen LogP contribution in [0.3, 0.4) is 0 Å². The lowest BCUT2D eigenvalue weighted by Crippen LogP contribution is -2.28. The summed E-state index contributed by atoms with van der Waals surface area (Å²) in [6, 6.07) is 7.92. The van der Waals surface area contributed by atoms with Crippen LogP contribution in [0.5, 0.6) is 0 Å². The minimum Gasteiger partial charge on any atom is -0.384 e. The van der Waals surface area contributed by atoms with Gasteiger partial charge in [-0.1, -0.05) is 64.6 Å². The van der Waals surface area contributed by atoms with Crippen molar-refractivity contribution >= 4 is 53.0 Å². The second-order valence-corrected chi connectivity index (χ2v) is 5.47. The van der Waals surface area contributed by atoms with Crippen molar-refractivity contribution in [2.45, 2.75) is 17.3 Å². The van der Waals surface area contributed by atoms with Gasteiger partial charge in [0.1, 0.15) is 5.84 Å². The average molecular weight is 302 g/mol. The van der Waals surface area contributed by atoms with Crippen molar-refractivity contribution in [1.82, 2.24) is 0 Å². The van der Waals surface area contributed by atoms with Crippen molar-refractivity contribution in [3.63, 3.8) is 0 Å². The van der Waals surface area contributed by atoms with Gasteiger partial charge in [0, 0.05) is 0 Å². The van der Waals surface area contributed by atoms with Crippen LogP contribution in [0.4, 0.5) is 0 Å². The highest BCUT2D eigenvalue weighted by Crippen LogP contribution is 2.26. The Kier molecular flexibility index (Phi) is 6.49. The fourth-order valence-electron chi connectivity index (χ4n) is 0.960. The lowest BCUT2D eigenvalue weighted by atomic mass is 10.1. The van der Waals surface area contributed by atoms with E-state index in [1.165, 1.54) is 5.56 Å². The number of nitrogens with zero attached hydrogens (tertiary/aromatic N) is 1. The molecule has 0 aliphatic carbocycles. The van der Waals surface area contributed by atoms with Crippen molar-refractivity contribution in [2.24, 2.45) is 10.7 Å². The van der Waals surface area contributed by atoms with Crippen LogP contribution in [0.2, 0.25) is 0 Å². The average Bonchev–Trinajstić information content (AvgIpc) is 2.15. The third kappa shape index (κ3) is 5.26. The topological polar surface area (TPSA) is 38.4 Å². The first-order valence-corrected chi connectivity index (χ1v) is 5.45. The maximum absolute atomic E-state index is 5.55. The molecule has 2 N–H and O–H groups in total. The molecule has 0 atom stereocenters. The van der Waals surface area contributed by atoms with Gasteiger partial charge >= 0.3 is 0 Å². The van der Waals surface area contributed by atoms with Gasteiger partial charge in [-0.05, 0) is 12.5 Å². The number of hydrogen-bond donors (Lipinski definition) is 1. The number of rotatable bonds is 2. The summed E-state index contributed by atoms with van der Waals surface area (Å²) in [6.07, 6.45) is 0. The summed E-state index contributed by atoms with van der Waals surface area (Å²) in [5, 5.41) is 0. The predicted octanol–water partition coefficient (Wildman–Crippen LogP) is 3.64. The van der Waals surface area contributed by atoms with Crippen molar-refractivity contribution < 1.29 is 0 Å². The molecule has 0 aliphatic heterocycles. The Labute approximate surface area is 116 Å². The summed E-state index contributed by atoms with van der Waals surface area (Å²) in [4.78, 5) is 3.99. The second-order valence-electron chi connectivity index (χ2n) is 3.18. The molecule has 0 heterocycles. The van der Waals surface area contributed by atoms with Gasteiger partial charge in [0.25, 0.3) is 0 Å². The third-order valence-corrected chi connectivity index (χ3v) is 2.42. The van der Waals surface area contributed by atoms with Crippen LogP contribution in [-0.2, 0) is 6.54 Å². The molecule has 1 aromatic rings. The van der Waals surface area contributed by atoms with E-state index in [1.54, 1.807) is 0 Å². The summed E-state index contributed by atoms with van der Waals surface area (Å²) in [5.41, 5.74) is 7.70. The zero-order valence-corrected chi connectivity index (χ0v) is 11.7.